The maximum absolute atomic E-state index is 12.9. The maximum Gasteiger partial charge on any atom is 0.225 e. The topological polar surface area (TPSA) is 39.7 Å². The van der Waals surface area contributed by atoms with Gasteiger partial charge in [0.15, 0.2) is 0 Å². The van der Waals surface area contributed by atoms with Gasteiger partial charge in [0.2, 0.25) is 5.91 Å². The summed E-state index contributed by atoms with van der Waals surface area (Å²) in [6.45, 7) is 12.4. The first-order chi connectivity index (χ1) is 12.1. The van der Waals surface area contributed by atoms with E-state index in [1.165, 1.54) is 17.7 Å². The van der Waals surface area contributed by atoms with Gasteiger partial charge in [-0.25, -0.2) is 0 Å². The molecule has 0 spiro atoms. The average molecular weight is 345 g/mol. The minimum atomic E-state index is 0.202. The number of piperazine rings is 1. The first-order valence-electron chi connectivity index (χ1n) is 9.78. The smallest absolute Gasteiger partial charge is 0.225 e. The average Bonchev–Trinajstić information content (AvgIpc) is 2.67. The monoisotopic (exact) mass is 344 g/mol. The van der Waals surface area contributed by atoms with Crippen LogP contribution in [-0.2, 0) is 4.79 Å². The molecule has 1 aromatic heterocycles. The highest BCUT2D eigenvalue weighted by Crippen LogP contribution is 2.26. The zero-order valence-corrected chi connectivity index (χ0v) is 15.9. The van der Waals surface area contributed by atoms with E-state index in [1.807, 2.05) is 12.4 Å². The Morgan fingerprint density at radius 3 is 2.48 bits per heavy atom. The lowest BCUT2D eigenvalue weighted by atomic mass is 9.94. The fourth-order valence-corrected chi connectivity index (χ4v) is 4.09. The fourth-order valence-electron chi connectivity index (χ4n) is 4.09. The Morgan fingerprint density at radius 1 is 1.20 bits per heavy atom. The zero-order chi connectivity index (χ0) is 17.8. The van der Waals surface area contributed by atoms with E-state index in [0.717, 1.165) is 52.1 Å². The third kappa shape index (κ3) is 4.14. The summed E-state index contributed by atoms with van der Waals surface area (Å²) >= 11 is 0. The van der Waals surface area contributed by atoms with E-state index in [4.69, 9.17) is 0 Å². The largest absolute Gasteiger partial charge is 0.371 e. The van der Waals surface area contributed by atoms with Crippen LogP contribution in [0.15, 0.2) is 18.5 Å². The third-order valence-electron chi connectivity index (χ3n) is 6.02. The number of rotatable bonds is 4. The standard InChI is InChI=1S/C20H32N4O/c1-4-17(3)22-11-13-24(14-12-22)20(25)18-6-9-23(10-7-18)19-5-8-21-15-16(19)2/h5,8,15,17-18H,4,6-7,9-14H2,1-3H3. The van der Waals surface area contributed by atoms with Crippen molar-refractivity contribution < 1.29 is 4.79 Å². The molecule has 138 valence electrons. The molecule has 2 aliphatic rings. The normalized spacial score (nSPS) is 21.4. The number of pyridine rings is 1. The number of piperidine rings is 1. The van der Waals surface area contributed by atoms with Crippen LogP contribution in [-0.4, -0.2) is 66.0 Å². The van der Waals surface area contributed by atoms with Crippen LogP contribution < -0.4 is 4.90 Å². The lowest BCUT2D eigenvalue weighted by Crippen LogP contribution is -2.53. The van der Waals surface area contributed by atoms with E-state index >= 15 is 0 Å². The number of anilines is 1. The number of aryl methyl sites for hydroxylation is 1. The maximum atomic E-state index is 12.9. The Bertz CT molecular complexity index is 575. The molecular formula is C20H32N4O. The van der Waals surface area contributed by atoms with E-state index in [0.29, 0.717) is 11.9 Å². The molecule has 1 amide bonds. The highest BCUT2D eigenvalue weighted by molar-refractivity contribution is 5.79. The number of hydrogen-bond acceptors (Lipinski definition) is 4. The second kappa shape index (κ2) is 8.17. The molecule has 2 saturated heterocycles. The summed E-state index contributed by atoms with van der Waals surface area (Å²) in [7, 11) is 0. The van der Waals surface area contributed by atoms with Crippen LogP contribution in [0.2, 0.25) is 0 Å². The molecule has 0 radical (unpaired) electrons. The molecule has 0 aliphatic carbocycles. The van der Waals surface area contributed by atoms with Crippen molar-refractivity contribution in [2.24, 2.45) is 5.92 Å². The highest BCUT2D eigenvalue weighted by atomic mass is 16.2. The Kier molecular flexibility index (Phi) is 5.94. The molecule has 0 N–H and O–H groups in total. The lowest BCUT2D eigenvalue weighted by molar-refractivity contribution is -0.138. The third-order valence-corrected chi connectivity index (χ3v) is 6.02. The van der Waals surface area contributed by atoms with Crippen molar-refractivity contribution in [2.45, 2.75) is 46.1 Å². The number of carbonyl (C=O) groups is 1. The molecule has 0 saturated carbocycles. The molecule has 25 heavy (non-hydrogen) atoms. The summed E-state index contributed by atoms with van der Waals surface area (Å²) in [4.78, 5) is 24.1. The second-order valence-electron chi connectivity index (χ2n) is 7.54. The van der Waals surface area contributed by atoms with Crippen molar-refractivity contribution in [3.63, 3.8) is 0 Å². The van der Waals surface area contributed by atoms with Crippen LogP contribution in [0.4, 0.5) is 5.69 Å². The molecule has 3 heterocycles. The van der Waals surface area contributed by atoms with Gasteiger partial charge in [-0.3, -0.25) is 14.7 Å². The first kappa shape index (κ1) is 18.2. The Balaban J connectivity index is 1.50. The van der Waals surface area contributed by atoms with Gasteiger partial charge < -0.3 is 9.80 Å². The van der Waals surface area contributed by atoms with Crippen molar-refractivity contribution in [1.29, 1.82) is 0 Å². The van der Waals surface area contributed by atoms with E-state index in [9.17, 15) is 4.79 Å². The quantitative estimate of drug-likeness (QED) is 0.842. The molecule has 2 fully saturated rings. The van der Waals surface area contributed by atoms with Gasteiger partial charge in [0.05, 0.1) is 0 Å². The van der Waals surface area contributed by atoms with E-state index < -0.39 is 0 Å². The van der Waals surface area contributed by atoms with Gasteiger partial charge in [0, 0.05) is 69.3 Å². The zero-order valence-electron chi connectivity index (χ0n) is 15.9. The van der Waals surface area contributed by atoms with Gasteiger partial charge >= 0.3 is 0 Å². The number of nitrogens with zero attached hydrogens (tertiary/aromatic N) is 4. The second-order valence-corrected chi connectivity index (χ2v) is 7.54. The first-order valence-corrected chi connectivity index (χ1v) is 9.78. The van der Waals surface area contributed by atoms with Crippen molar-refractivity contribution >= 4 is 11.6 Å². The summed E-state index contributed by atoms with van der Waals surface area (Å²) in [6, 6.07) is 2.72. The van der Waals surface area contributed by atoms with Crippen LogP contribution in [0, 0.1) is 12.8 Å². The van der Waals surface area contributed by atoms with Gasteiger partial charge in [-0.2, -0.15) is 0 Å². The van der Waals surface area contributed by atoms with Crippen molar-refractivity contribution in [1.82, 2.24) is 14.8 Å². The van der Waals surface area contributed by atoms with Crippen LogP contribution in [0.5, 0.6) is 0 Å². The Hall–Kier alpha value is -1.62. The van der Waals surface area contributed by atoms with E-state index in [-0.39, 0.29) is 5.92 Å². The molecule has 5 nitrogen and oxygen atoms in total. The van der Waals surface area contributed by atoms with Gasteiger partial charge in [-0.1, -0.05) is 6.92 Å². The molecule has 0 aromatic carbocycles. The summed E-state index contributed by atoms with van der Waals surface area (Å²) in [5.74, 6) is 0.587. The summed E-state index contributed by atoms with van der Waals surface area (Å²) in [5.41, 5.74) is 2.48. The van der Waals surface area contributed by atoms with Gasteiger partial charge in [-0.15, -0.1) is 0 Å². The van der Waals surface area contributed by atoms with E-state index in [2.05, 4.69) is 46.5 Å². The van der Waals surface area contributed by atoms with Gasteiger partial charge in [0.25, 0.3) is 0 Å². The van der Waals surface area contributed by atoms with E-state index in [1.54, 1.807) is 0 Å². The summed E-state index contributed by atoms with van der Waals surface area (Å²) in [6.07, 6.45) is 6.89. The minimum Gasteiger partial charge on any atom is -0.371 e. The Labute approximate surface area is 152 Å². The summed E-state index contributed by atoms with van der Waals surface area (Å²) in [5, 5.41) is 0. The number of amides is 1. The SMILES string of the molecule is CCC(C)N1CCN(C(=O)C2CCN(c3ccncc3C)CC2)CC1. The number of carbonyl (C=O) groups excluding carboxylic acids is 1. The Morgan fingerprint density at radius 2 is 1.88 bits per heavy atom. The molecule has 1 unspecified atom stereocenters. The molecule has 3 rings (SSSR count). The molecular weight excluding hydrogens is 312 g/mol. The predicted molar refractivity (Wildman–Crippen MR) is 102 cm³/mol. The van der Waals surface area contributed by atoms with Crippen LogP contribution in [0.1, 0.15) is 38.7 Å². The molecule has 0 bridgehead atoms. The highest BCUT2D eigenvalue weighted by Gasteiger charge is 2.31. The minimum absolute atomic E-state index is 0.202. The molecule has 5 heteroatoms. The molecule has 1 aromatic rings. The number of aromatic nitrogens is 1. The predicted octanol–water partition coefficient (Wildman–Crippen LogP) is 2.55. The van der Waals surface area contributed by atoms with Crippen LogP contribution in [0.25, 0.3) is 0 Å². The summed E-state index contributed by atoms with van der Waals surface area (Å²) < 4.78 is 0. The van der Waals surface area contributed by atoms with Crippen molar-refractivity contribution in [3.05, 3.63) is 24.0 Å². The van der Waals surface area contributed by atoms with Crippen LogP contribution in [0.3, 0.4) is 0 Å². The number of hydrogen-bond donors (Lipinski definition) is 0. The lowest BCUT2D eigenvalue weighted by Gasteiger charge is -2.40. The molecule has 2 aliphatic heterocycles. The molecule has 1 atom stereocenters. The van der Waals surface area contributed by atoms with Gasteiger partial charge in [-0.05, 0) is 44.7 Å². The van der Waals surface area contributed by atoms with Gasteiger partial charge in [0.1, 0.15) is 0 Å². The fraction of sp³-hybridized carbons (Fsp3) is 0.700. The van der Waals surface area contributed by atoms with Crippen molar-refractivity contribution in [2.75, 3.05) is 44.2 Å². The van der Waals surface area contributed by atoms with Crippen LogP contribution >= 0.6 is 0 Å². The van der Waals surface area contributed by atoms with Crippen molar-refractivity contribution in [3.8, 4) is 0 Å².